The zero-order valence-electron chi connectivity index (χ0n) is 11.0. The minimum Gasteiger partial charge on any atom is -0.496 e. The van der Waals surface area contributed by atoms with Gasteiger partial charge in [-0.3, -0.25) is 4.68 Å². The van der Waals surface area contributed by atoms with Crippen molar-refractivity contribution in [2.75, 3.05) is 7.11 Å². The number of hydrogen-bond donors (Lipinski definition) is 1. The quantitative estimate of drug-likeness (QED) is 0.916. The molecule has 1 unspecified atom stereocenters. The van der Waals surface area contributed by atoms with Crippen LogP contribution in [-0.2, 0) is 13.0 Å². The first-order chi connectivity index (χ1) is 9.17. The molecule has 0 amide bonds. The van der Waals surface area contributed by atoms with Crippen LogP contribution in [0.2, 0.25) is 5.02 Å². The molecule has 0 fully saturated rings. The highest BCUT2D eigenvalue weighted by Crippen LogP contribution is 2.28. The summed E-state index contributed by atoms with van der Waals surface area (Å²) in [6.45, 7) is 2.63. The fourth-order valence-electron chi connectivity index (χ4n) is 2.13. The fourth-order valence-corrected chi connectivity index (χ4v) is 2.40. The lowest BCUT2D eigenvalue weighted by Crippen LogP contribution is -2.11. The molecule has 102 valence electrons. The molecule has 0 radical (unpaired) electrons. The molecule has 1 N–H and O–H groups in total. The lowest BCUT2D eigenvalue weighted by Gasteiger charge is -2.15. The lowest BCUT2D eigenvalue weighted by atomic mass is 10.0. The molecule has 0 aliphatic heterocycles. The van der Waals surface area contributed by atoms with Gasteiger partial charge in [0, 0.05) is 13.0 Å². The van der Waals surface area contributed by atoms with Crippen molar-refractivity contribution in [3.05, 3.63) is 46.7 Å². The molecule has 1 aromatic carbocycles. The second-order valence-electron chi connectivity index (χ2n) is 4.23. The number of rotatable bonds is 5. The standard InChI is InChI=1S/C14H17ClN2O2/c1-3-17-14(11(15)9-16-17)12(18)8-10-6-4-5-7-13(10)19-2/h4-7,9,12,18H,3,8H2,1-2H3. The van der Waals surface area contributed by atoms with Gasteiger partial charge in [0.25, 0.3) is 0 Å². The summed E-state index contributed by atoms with van der Waals surface area (Å²) in [7, 11) is 1.62. The van der Waals surface area contributed by atoms with Gasteiger partial charge in [-0.2, -0.15) is 5.10 Å². The van der Waals surface area contributed by atoms with E-state index in [1.807, 2.05) is 31.2 Å². The van der Waals surface area contributed by atoms with Gasteiger partial charge in [-0.1, -0.05) is 29.8 Å². The summed E-state index contributed by atoms with van der Waals surface area (Å²) >= 11 is 6.08. The van der Waals surface area contributed by atoms with Crippen molar-refractivity contribution in [1.82, 2.24) is 9.78 Å². The molecule has 2 aromatic rings. The molecule has 5 heteroatoms. The first-order valence-electron chi connectivity index (χ1n) is 6.18. The first kappa shape index (κ1) is 13.9. The number of aromatic nitrogens is 2. The van der Waals surface area contributed by atoms with Crippen LogP contribution >= 0.6 is 11.6 Å². The number of hydrogen-bond acceptors (Lipinski definition) is 3. The zero-order valence-corrected chi connectivity index (χ0v) is 11.8. The summed E-state index contributed by atoms with van der Waals surface area (Å²) in [5.41, 5.74) is 1.59. The molecule has 0 saturated carbocycles. The maximum atomic E-state index is 10.4. The van der Waals surface area contributed by atoms with Gasteiger partial charge in [-0.15, -0.1) is 0 Å². The number of aryl methyl sites for hydroxylation is 1. The molecule has 1 aromatic heterocycles. The third-order valence-electron chi connectivity index (χ3n) is 3.05. The number of aliphatic hydroxyl groups excluding tert-OH is 1. The Labute approximate surface area is 117 Å². The second-order valence-corrected chi connectivity index (χ2v) is 4.63. The van der Waals surface area contributed by atoms with Crippen molar-refractivity contribution in [2.45, 2.75) is 26.0 Å². The predicted molar refractivity (Wildman–Crippen MR) is 74.6 cm³/mol. The lowest BCUT2D eigenvalue weighted by molar-refractivity contribution is 0.166. The van der Waals surface area contributed by atoms with Crippen molar-refractivity contribution in [2.24, 2.45) is 0 Å². The smallest absolute Gasteiger partial charge is 0.122 e. The number of aliphatic hydroxyl groups is 1. The maximum absolute atomic E-state index is 10.4. The summed E-state index contributed by atoms with van der Waals surface area (Å²) in [4.78, 5) is 0. The highest BCUT2D eigenvalue weighted by molar-refractivity contribution is 6.31. The maximum Gasteiger partial charge on any atom is 0.122 e. The summed E-state index contributed by atoms with van der Waals surface area (Å²) in [5.74, 6) is 0.764. The third-order valence-corrected chi connectivity index (χ3v) is 3.35. The van der Waals surface area contributed by atoms with E-state index in [1.165, 1.54) is 0 Å². The van der Waals surface area contributed by atoms with Crippen LogP contribution in [0.4, 0.5) is 0 Å². The number of ether oxygens (including phenoxy) is 1. The van der Waals surface area contributed by atoms with Crippen molar-refractivity contribution in [3.63, 3.8) is 0 Å². The van der Waals surface area contributed by atoms with Crippen LogP contribution < -0.4 is 4.74 Å². The van der Waals surface area contributed by atoms with Crippen LogP contribution in [0.25, 0.3) is 0 Å². The fraction of sp³-hybridized carbons (Fsp3) is 0.357. The molecule has 0 spiro atoms. The van der Waals surface area contributed by atoms with Gasteiger partial charge < -0.3 is 9.84 Å². The molecule has 0 aliphatic rings. The van der Waals surface area contributed by atoms with Crippen LogP contribution in [0.3, 0.4) is 0 Å². The van der Waals surface area contributed by atoms with Crippen LogP contribution in [0.5, 0.6) is 5.75 Å². The van der Waals surface area contributed by atoms with E-state index in [1.54, 1.807) is 18.0 Å². The molecule has 0 aliphatic carbocycles. The normalized spacial score (nSPS) is 12.4. The Morgan fingerprint density at radius 2 is 2.16 bits per heavy atom. The van der Waals surface area contributed by atoms with Crippen molar-refractivity contribution in [1.29, 1.82) is 0 Å². The minimum absolute atomic E-state index is 0.440. The van der Waals surface area contributed by atoms with Gasteiger partial charge in [0.15, 0.2) is 0 Å². The van der Waals surface area contributed by atoms with Crippen molar-refractivity contribution >= 4 is 11.6 Å². The highest BCUT2D eigenvalue weighted by atomic mass is 35.5. The van der Waals surface area contributed by atoms with E-state index in [-0.39, 0.29) is 0 Å². The second kappa shape index (κ2) is 6.08. The number of nitrogens with zero attached hydrogens (tertiary/aromatic N) is 2. The Morgan fingerprint density at radius 1 is 1.42 bits per heavy atom. The summed E-state index contributed by atoms with van der Waals surface area (Å²) in [6, 6.07) is 7.63. The molecular weight excluding hydrogens is 264 g/mol. The van der Waals surface area contributed by atoms with E-state index in [2.05, 4.69) is 5.10 Å². The van der Waals surface area contributed by atoms with E-state index in [0.717, 1.165) is 11.3 Å². The summed E-state index contributed by atoms with van der Waals surface area (Å²) in [5, 5.41) is 15.0. The van der Waals surface area contributed by atoms with E-state index >= 15 is 0 Å². The Bertz CT molecular complexity index is 554. The molecule has 0 bridgehead atoms. The van der Waals surface area contributed by atoms with Gasteiger partial charge in [0.05, 0.1) is 24.0 Å². The van der Waals surface area contributed by atoms with Crippen LogP contribution in [0.15, 0.2) is 30.5 Å². The van der Waals surface area contributed by atoms with Gasteiger partial charge >= 0.3 is 0 Å². The molecule has 2 rings (SSSR count). The average molecular weight is 281 g/mol. The number of benzene rings is 1. The molecular formula is C14H17ClN2O2. The van der Waals surface area contributed by atoms with Crippen LogP contribution in [0.1, 0.15) is 24.3 Å². The molecule has 19 heavy (non-hydrogen) atoms. The molecule has 1 atom stereocenters. The van der Waals surface area contributed by atoms with E-state index in [9.17, 15) is 5.11 Å². The van der Waals surface area contributed by atoms with Gasteiger partial charge in [-0.25, -0.2) is 0 Å². The van der Waals surface area contributed by atoms with Crippen molar-refractivity contribution in [3.8, 4) is 5.75 Å². The Balaban J connectivity index is 2.25. The Morgan fingerprint density at radius 3 is 2.84 bits per heavy atom. The van der Waals surface area contributed by atoms with Crippen molar-refractivity contribution < 1.29 is 9.84 Å². The first-order valence-corrected chi connectivity index (χ1v) is 6.56. The topological polar surface area (TPSA) is 47.3 Å². The number of halogens is 1. The summed E-state index contributed by atoms with van der Waals surface area (Å²) < 4.78 is 6.99. The molecule has 4 nitrogen and oxygen atoms in total. The summed E-state index contributed by atoms with van der Waals surface area (Å²) in [6.07, 6.45) is 1.30. The van der Waals surface area contributed by atoms with E-state index in [4.69, 9.17) is 16.3 Å². The van der Waals surface area contributed by atoms with Crippen LogP contribution in [0, 0.1) is 0 Å². The Kier molecular flexibility index (Phi) is 4.45. The van der Waals surface area contributed by atoms with Gasteiger partial charge in [-0.05, 0) is 18.6 Å². The predicted octanol–water partition coefficient (Wildman–Crippen LogP) is 2.84. The third kappa shape index (κ3) is 2.91. The minimum atomic E-state index is -0.703. The zero-order chi connectivity index (χ0) is 13.8. The van der Waals surface area contributed by atoms with E-state index in [0.29, 0.717) is 23.7 Å². The van der Waals surface area contributed by atoms with E-state index < -0.39 is 6.10 Å². The number of methoxy groups -OCH3 is 1. The van der Waals surface area contributed by atoms with Gasteiger partial charge in [0.1, 0.15) is 11.9 Å². The molecule has 0 saturated heterocycles. The largest absolute Gasteiger partial charge is 0.496 e. The monoisotopic (exact) mass is 280 g/mol. The number of para-hydroxylation sites is 1. The van der Waals surface area contributed by atoms with Crippen LogP contribution in [-0.4, -0.2) is 22.0 Å². The Hall–Kier alpha value is -1.52. The SMILES string of the molecule is CCn1ncc(Cl)c1C(O)Cc1ccccc1OC. The average Bonchev–Trinajstić information content (AvgIpc) is 2.80. The van der Waals surface area contributed by atoms with Gasteiger partial charge in [0.2, 0.25) is 0 Å². The highest BCUT2D eigenvalue weighted by Gasteiger charge is 2.19. The molecule has 1 heterocycles.